The lowest BCUT2D eigenvalue weighted by molar-refractivity contribution is -0.142. The molecule has 1 aliphatic heterocycles. The second-order valence-corrected chi connectivity index (χ2v) is 9.84. The number of carbonyl (C=O) groups is 2. The number of rotatable bonds is 9. The highest BCUT2D eigenvalue weighted by Gasteiger charge is 2.34. The molecule has 1 aromatic heterocycles. The van der Waals surface area contributed by atoms with Crippen molar-refractivity contribution in [1.29, 1.82) is 0 Å². The summed E-state index contributed by atoms with van der Waals surface area (Å²) in [6, 6.07) is 9.70. The van der Waals surface area contributed by atoms with Gasteiger partial charge in [0.15, 0.2) is 5.76 Å². The third kappa shape index (κ3) is 6.18. The summed E-state index contributed by atoms with van der Waals surface area (Å²) in [7, 11) is -2.40. The third-order valence-electron chi connectivity index (χ3n) is 5.62. The summed E-state index contributed by atoms with van der Waals surface area (Å²) >= 11 is 0. The van der Waals surface area contributed by atoms with E-state index in [0.717, 1.165) is 5.56 Å². The highest BCUT2D eigenvalue weighted by molar-refractivity contribution is 7.89. The van der Waals surface area contributed by atoms with Gasteiger partial charge in [0, 0.05) is 39.3 Å². The van der Waals surface area contributed by atoms with Gasteiger partial charge in [-0.2, -0.15) is 4.31 Å². The fourth-order valence-electron chi connectivity index (χ4n) is 3.85. The van der Waals surface area contributed by atoms with Crippen LogP contribution in [0.15, 0.2) is 39.8 Å². The molecule has 180 valence electrons. The molecule has 2 aromatic rings. The second-order valence-electron chi connectivity index (χ2n) is 7.96. The number of sulfonamides is 1. The average Bonchev–Trinajstić information content (AvgIpc) is 3.16. The number of nitrogens with zero attached hydrogens (tertiary/aromatic N) is 4. The van der Waals surface area contributed by atoms with Gasteiger partial charge in [0.05, 0.1) is 20.1 Å². The number of benzene rings is 1. The molecule has 3 rings (SSSR count). The monoisotopic (exact) mass is 478 g/mol. The lowest BCUT2D eigenvalue weighted by atomic mass is 10.2. The largest absolute Gasteiger partial charge is 0.469 e. The van der Waals surface area contributed by atoms with Crippen molar-refractivity contribution in [1.82, 2.24) is 19.3 Å². The fourth-order valence-corrected chi connectivity index (χ4v) is 5.56. The fraction of sp³-hybridized carbons (Fsp3) is 0.500. The van der Waals surface area contributed by atoms with Gasteiger partial charge in [-0.25, -0.2) is 8.42 Å². The van der Waals surface area contributed by atoms with Crippen molar-refractivity contribution in [2.24, 2.45) is 0 Å². The highest BCUT2D eigenvalue weighted by Crippen LogP contribution is 2.24. The normalized spacial score (nSPS) is 15.1. The molecule has 0 radical (unpaired) electrons. The first-order chi connectivity index (χ1) is 15.7. The van der Waals surface area contributed by atoms with Crippen LogP contribution in [0.1, 0.15) is 23.4 Å². The molecular formula is C22H30N4O6S. The van der Waals surface area contributed by atoms with Crippen molar-refractivity contribution in [2.45, 2.75) is 31.7 Å². The average molecular weight is 479 g/mol. The minimum atomic E-state index is -3.74. The zero-order chi connectivity index (χ0) is 24.0. The highest BCUT2D eigenvalue weighted by atomic mass is 32.2. The number of aromatic nitrogens is 1. The number of amides is 1. The molecular weight excluding hydrogens is 448 g/mol. The molecule has 33 heavy (non-hydrogen) atoms. The molecule has 1 fully saturated rings. The van der Waals surface area contributed by atoms with Crippen molar-refractivity contribution in [3.8, 4) is 0 Å². The van der Waals surface area contributed by atoms with E-state index in [1.807, 2.05) is 35.2 Å². The van der Waals surface area contributed by atoms with E-state index >= 15 is 0 Å². The van der Waals surface area contributed by atoms with Crippen molar-refractivity contribution in [2.75, 3.05) is 46.4 Å². The zero-order valence-electron chi connectivity index (χ0n) is 19.2. The molecule has 1 saturated heterocycles. The Morgan fingerprint density at radius 3 is 2.36 bits per heavy atom. The topological polar surface area (TPSA) is 113 Å². The Kier molecular flexibility index (Phi) is 8.22. The van der Waals surface area contributed by atoms with E-state index in [1.165, 1.54) is 11.4 Å². The molecule has 0 bridgehead atoms. The van der Waals surface area contributed by atoms with Crippen LogP contribution in [0.25, 0.3) is 0 Å². The van der Waals surface area contributed by atoms with E-state index in [4.69, 9.17) is 9.26 Å². The van der Waals surface area contributed by atoms with E-state index < -0.39 is 10.0 Å². The first-order valence-electron chi connectivity index (χ1n) is 10.8. The van der Waals surface area contributed by atoms with Gasteiger partial charge in [-0.3, -0.25) is 14.5 Å². The predicted molar refractivity (Wildman–Crippen MR) is 120 cm³/mol. The van der Waals surface area contributed by atoms with Gasteiger partial charge in [0.25, 0.3) is 0 Å². The minimum absolute atomic E-state index is 0.0964. The molecule has 11 heteroatoms. The number of hydrogen-bond acceptors (Lipinski definition) is 8. The van der Waals surface area contributed by atoms with E-state index in [9.17, 15) is 18.0 Å². The summed E-state index contributed by atoms with van der Waals surface area (Å²) in [5.74, 6) is -0.183. The Hall–Kier alpha value is -2.76. The van der Waals surface area contributed by atoms with Crippen molar-refractivity contribution >= 4 is 21.9 Å². The molecule has 10 nitrogen and oxygen atoms in total. The number of aryl methyl sites for hydroxylation is 2. The molecule has 2 heterocycles. The number of methoxy groups -OCH3 is 1. The van der Waals surface area contributed by atoms with Crippen LogP contribution in [0, 0.1) is 13.8 Å². The molecule has 0 saturated carbocycles. The number of carbonyl (C=O) groups excluding carboxylic acids is 2. The maximum Gasteiger partial charge on any atom is 0.306 e. The molecule has 0 atom stereocenters. The maximum atomic E-state index is 13.0. The van der Waals surface area contributed by atoms with Gasteiger partial charge in [0.1, 0.15) is 10.6 Å². The smallest absolute Gasteiger partial charge is 0.306 e. The predicted octanol–water partition coefficient (Wildman–Crippen LogP) is 1.19. The van der Waals surface area contributed by atoms with Crippen LogP contribution in [0.5, 0.6) is 0 Å². The van der Waals surface area contributed by atoms with E-state index in [-0.39, 0.29) is 61.7 Å². The van der Waals surface area contributed by atoms with E-state index in [1.54, 1.807) is 18.7 Å². The van der Waals surface area contributed by atoms with Crippen LogP contribution in [0.4, 0.5) is 0 Å². The van der Waals surface area contributed by atoms with Crippen molar-refractivity contribution in [3.63, 3.8) is 0 Å². The summed E-state index contributed by atoms with van der Waals surface area (Å²) in [5.41, 5.74) is 1.36. The Labute approximate surface area is 194 Å². The Morgan fingerprint density at radius 1 is 1.12 bits per heavy atom. The number of hydrogen-bond donors (Lipinski definition) is 0. The van der Waals surface area contributed by atoms with Crippen LogP contribution >= 0.6 is 0 Å². The molecule has 1 aromatic carbocycles. The summed E-state index contributed by atoms with van der Waals surface area (Å²) in [6.07, 6.45) is 0.181. The van der Waals surface area contributed by atoms with Crippen LogP contribution in [0.3, 0.4) is 0 Å². The minimum Gasteiger partial charge on any atom is -0.469 e. The molecule has 0 aliphatic carbocycles. The maximum absolute atomic E-state index is 13.0. The van der Waals surface area contributed by atoms with Gasteiger partial charge in [-0.05, 0) is 19.4 Å². The summed E-state index contributed by atoms with van der Waals surface area (Å²) in [4.78, 5) is 28.3. The summed E-state index contributed by atoms with van der Waals surface area (Å²) in [5, 5.41) is 3.74. The summed E-state index contributed by atoms with van der Waals surface area (Å²) in [6.45, 7) is 5.16. The lowest BCUT2D eigenvalue weighted by Gasteiger charge is -2.35. The summed E-state index contributed by atoms with van der Waals surface area (Å²) < 4.78 is 37.1. The lowest BCUT2D eigenvalue weighted by Crippen LogP contribution is -2.52. The van der Waals surface area contributed by atoms with E-state index in [2.05, 4.69) is 5.16 Å². The third-order valence-corrected chi connectivity index (χ3v) is 7.77. The van der Waals surface area contributed by atoms with E-state index in [0.29, 0.717) is 18.8 Å². The van der Waals surface area contributed by atoms with Crippen molar-refractivity contribution in [3.05, 3.63) is 47.3 Å². The Balaban J connectivity index is 1.61. The van der Waals surface area contributed by atoms with Crippen LogP contribution in [0.2, 0.25) is 0 Å². The van der Waals surface area contributed by atoms with Gasteiger partial charge < -0.3 is 14.2 Å². The number of ether oxygens (including phenoxy) is 1. The van der Waals surface area contributed by atoms with Gasteiger partial charge in [0.2, 0.25) is 15.9 Å². The molecule has 1 aliphatic rings. The second kappa shape index (κ2) is 10.9. The first-order valence-corrected chi connectivity index (χ1v) is 12.2. The first kappa shape index (κ1) is 24.9. The number of esters is 1. The molecule has 1 amide bonds. The van der Waals surface area contributed by atoms with Crippen molar-refractivity contribution < 1.29 is 27.3 Å². The Bertz CT molecular complexity index is 1040. The molecule has 0 unspecified atom stereocenters. The van der Waals surface area contributed by atoms with Crippen LogP contribution < -0.4 is 0 Å². The Morgan fingerprint density at radius 2 is 1.79 bits per heavy atom. The number of piperazine rings is 1. The molecule has 0 N–H and O–H groups in total. The van der Waals surface area contributed by atoms with Crippen LogP contribution in [-0.2, 0) is 30.9 Å². The molecule has 0 spiro atoms. The standard InChI is InChI=1S/C22H30N4O6S/c1-17-22(18(2)32-23-17)33(29,30)26-13-11-25(12-14-26)20(27)16-24(10-9-21(28)31-3)15-19-7-5-4-6-8-19/h4-8H,9-16H2,1-3H3. The van der Waals surface area contributed by atoms with Gasteiger partial charge in [-0.15, -0.1) is 0 Å². The van der Waals surface area contributed by atoms with Crippen LogP contribution in [-0.4, -0.2) is 85.9 Å². The van der Waals surface area contributed by atoms with Gasteiger partial charge in [-0.1, -0.05) is 35.5 Å². The quantitative estimate of drug-likeness (QED) is 0.494. The zero-order valence-corrected chi connectivity index (χ0v) is 20.0. The SMILES string of the molecule is COC(=O)CCN(CC(=O)N1CCN(S(=O)(=O)c2c(C)noc2C)CC1)Cc1ccccc1. The van der Waals surface area contributed by atoms with Gasteiger partial charge >= 0.3 is 5.97 Å².